The van der Waals surface area contributed by atoms with Gasteiger partial charge >= 0.3 is 12.0 Å². The molecular formula is C14H23N2O2+. The van der Waals surface area contributed by atoms with Crippen molar-refractivity contribution in [1.82, 2.24) is 5.48 Å². The van der Waals surface area contributed by atoms with E-state index >= 15 is 0 Å². The fourth-order valence-corrected chi connectivity index (χ4v) is 2.02. The molecule has 0 spiro atoms. The van der Waals surface area contributed by atoms with E-state index in [0.29, 0.717) is 0 Å². The third-order valence-electron chi connectivity index (χ3n) is 3.25. The van der Waals surface area contributed by atoms with E-state index < -0.39 is 0 Å². The quantitative estimate of drug-likeness (QED) is 0.577. The minimum Gasteiger partial charge on any atom is -0.370 e. The van der Waals surface area contributed by atoms with Gasteiger partial charge in [-0.15, -0.1) is 5.48 Å². The number of carbonyl (C=O) groups is 1. The highest BCUT2D eigenvalue weighted by molar-refractivity contribution is 5.78. The van der Waals surface area contributed by atoms with Crippen LogP contribution in [0.5, 0.6) is 0 Å². The molecule has 0 radical (unpaired) electrons. The number of carbonyl (C=O) groups excluding carboxylic acids is 1. The van der Waals surface area contributed by atoms with Gasteiger partial charge < -0.3 is 4.84 Å². The summed E-state index contributed by atoms with van der Waals surface area (Å²) < 4.78 is 0. The first kappa shape index (κ1) is 14.7. The molecule has 4 nitrogen and oxygen atoms in total. The molecule has 0 saturated heterocycles. The molecule has 2 N–H and O–H groups in total. The minimum atomic E-state index is -0.251. The molecule has 1 fully saturated rings. The van der Waals surface area contributed by atoms with Crippen LogP contribution in [0.3, 0.4) is 0 Å². The van der Waals surface area contributed by atoms with Crippen molar-refractivity contribution in [3.05, 3.63) is 11.6 Å². The number of hydrogen-bond donors (Lipinski definition) is 2. The minimum absolute atomic E-state index is 0.102. The van der Waals surface area contributed by atoms with Gasteiger partial charge in [0.2, 0.25) is 0 Å². The average Bonchev–Trinajstić information content (AvgIpc) is 2.76. The van der Waals surface area contributed by atoms with Crippen molar-refractivity contribution in [2.45, 2.75) is 47.1 Å². The normalized spacial score (nSPS) is 26.4. The largest absolute Gasteiger partial charge is 0.370 e. The van der Waals surface area contributed by atoms with E-state index in [1.807, 2.05) is 47.6 Å². The summed E-state index contributed by atoms with van der Waals surface area (Å²) in [5, 5.41) is 7.05. The monoisotopic (exact) mass is 251 g/mol. The van der Waals surface area contributed by atoms with E-state index in [4.69, 9.17) is 10.1 Å². The third-order valence-corrected chi connectivity index (χ3v) is 3.25. The molecule has 0 aromatic heterocycles. The van der Waals surface area contributed by atoms with E-state index in [1.165, 1.54) is 0 Å². The lowest BCUT2D eigenvalue weighted by Gasteiger charge is -2.19. The first-order valence-electron chi connectivity index (χ1n) is 6.18. The second kappa shape index (κ2) is 4.74. The number of allylic oxidation sites excluding steroid dienone is 2. The zero-order valence-electron chi connectivity index (χ0n) is 12.0. The Hall–Kier alpha value is -1.34. The molecular weight excluding hydrogens is 228 g/mol. The molecule has 1 aliphatic rings. The molecule has 0 aromatic carbocycles. The van der Waals surface area contributed by atoms with E-state index in [1.54, 1.807) is 0 Å². The van der Waals surface area contributed by atoms with Crippen LogP contribution in [0, 0.1) is 23.3 Å². The summed E-state index contributed by atoms with van der Waals surface area (Å²) in [6.07, 6.45) is 1.93. The molecule has 2 atom stereocenters. The van der Waals surface area contributed by atoms with Crippen molar-refractivity contribution in [3.8, 4) is 6.07 Å². The molecule has 0 unspecified atom stereocenters. The lowest BCUT2D eigenvalue weighted by Crippen LogP contribution is -2.38. The molecule has 0 heterocycles. The second-order valence-corrected chi connectivity index (χ2v) is 6.57. The Morgan fingerprint density at radius 3 is 2.44 bits per heavy atom. The first-order valence-corrected chi connectivity index (χ1v) is 6.18. The predicted molar refractivity (Wildman–Crippen MR) is 68.3 cm³/mol. The molecule has 0 amide bonds. The van der Waals surface area contributed by atoms with Crippen LogP contribution < -0.4 is 10.7 Å². The summed E-state index contributed by atoms with van der Waals surface area (Å²) in [7, 11) is 0. The number of hydroxylamine groups is 1. The van der Waals surface area contributed by atoms with E-state index in [9.17, 15) is 4.79 Å². The van der Waals surface area contributed by atoms with Gasteiger partial charge in [-0.1, -0.05) is 25.2 Å². The maximum atomic E-state index is 12.0. The molecule has 0 aromatic rings. The van der Waals surface area contributed by atoms with Crippen molar-refractivity contribution in [1.29, 1.82) is 0 Å². The molecule has 0 bridgehead atoms. The topological polar surface area (TPSA) is 62.1 Å². The van der Waals surface area contributed by atoms with Gasteiger partial charge in [0, 0.05) is 5.54 Å². The van der Waals surface area contributed by atoms with Crippen LogP contribution in [-0.4, -0.2) is 11.5 Å². The highest BCUT2D eigenvalue weighted by Gasteiger charge is 2.61. The molecule has 1 saturated carbocycles. The Balaban J connectivity index is 2.64. The summed E-state index contributed by atoms with van der Waals surface area (Å²) in [5.74, 6) is -0.241. The Morgan fingerprint density at radius 1 is 1.44 bits per heavy atom. The standard InChI is InChI=1S/C14H22N2O2/c1-9(8-15)7-10-11(14(10,5)6)12(17)18-16-13(2,3)4/h7,10-11,16H,1-6H3/p+1/b9-7-/t10-,11-/m0/s1. The fraction of sp³-hybridized carbons (Fsp3) is 0.714. The lowest BCUT2D eigenvalue weighted by molar-refractivity contribution is -0.157. The lowest BCUT2D eigenvalue weighted by atomic mass is 10.1. The Labute approximate surface area is 109 Å². The van der Waals surface area contributed by atoms with Crippen LogP contribution in [0.2, 0.25) is 0 Å². The van der Waals surface area contributed by atoms with Crippen molar-refractivity contribution in [2.24, 2.45) is 17.3 Å². The Morgan fingerprint density at radius 2 is 2.00 bits per heavy atom. The van der Waals surface area contributed by atoms with E-state index in [-0.39, 0.29) is 28.8 Å². The highest BCUT2D eigenvalue weighted by Crippen LogP contribution is 2.59. The maximum absolute atomic E-state index is 12.0. The van der Waals surface area contributed by atoms with E-state index in [2.05, 4.69) is 11.5 Å². The van der Waals surface area contributed by atoms with Crippen LogP contribution in [0.1, 0.15) is 41.5 Å². The van der Waals surface area contributed by atoms with E-state index in [0.717, 1.165) is 5.57 Å². The summed E-state index contributed by atoms with van der Waals surface area (Å²) in [5.41, 5.74) is 3.15. The first-order chi connectivity index (χ1) is 8.09. The van der Waals surface area contributed by atoms with Gasteiger partial charge in [-0.2, -0.15) is 0 Å². The summed E-state index contributed by atoms with van der Waals surface area (Å²) in [4.78, 5) is 17.1. The summed E-state index contributed by atoms with van der Waals surface area (Å²) in [6, 6.07) is 2.33. The smallest absolute Gasteiger partial charge is 0.328 e. The maximum Gasteiger partial charge on any atom is 0.328 e. The zero-order chi connectivity index (χ0) is 14.1. The highest BCUT2D eigenvalue weighted by atomic mass is 16.7. The van der Waals surface area contributed by atoms with Crippen LogP contribution in [0.4, 0.5) is 0 Å². The SMILES string of the molecule is C/C(C#[NH+])=C/[C@H]1[C@@H](C(=O)ONC(C)(C)C)C1(C)C. The summed E-state index contributed by atoms with van der Waals surface area (Å²) in [6.45, 7) is 11.7. The Bertz CT molecular complexity index is 410. The summed E-state index contributed by atoms with van der Waals surface area (Å²) >= 11 is 0. The molecule has 0 aliphatic heterocycles. The van der Waals surface area contributed by atoms with Gasteiger partial charge in [-0.25, -0.2) is 0 Å². The molecule has 4 heteroatoms. The van der Waals surface area contributed by atoms with Crippen molar-refractivity contribution >= 4 is 5.97 Å². The molecule has 1 aliphatic carbocycles. The van der Waals surface area contributed by atoms with Gasteiger partial charge in [0.05, 0.1) is 11.5 Å². The predicted octanol–water partition coefficient (Wildman–Crippen LogP) is 0.824. The molecule has 18 heavy (non-hydrogen) atoms. The molecule has 1 rings (SSSR count). The van der Waals surface area contributed by atoms with Crippen molar-refractivity contribution in [2.75, 3.05) is 0 Å². The Kier molecular flexibility index (Phi) is 3.87. The fourth-order valence-electron chi connectivity index (χ4n) is 2.02. The number of rotatable bonds is 3. The third kappa shape index (κ3) is 3.33. The average molecular weight is 251 g/mol. The van der Waals surface area contributed by atoms with Gasteiger partial charge in [-0.05, 0) is 39.0 Å². The van der Waals surface area contributed by atoms with Crippen molar-refractivity contribution < 1.29 is 14.9 Å². The van der Waals surface area contributed by atoms with Gasteiger partial charge in [0.1, 0.15) is 0 Å². The second-order valence-electron chi connectivity index (χ2n) is 6.57. The zero-order valence-corrected chi connectivity index (χ0v) is 12.0. The van der Waals surface area contributed by atoms with Crippen LogP contribution in [0.25, 0.3) is 0 Å². The van der Waals surface area contributed by atoms with Gasteiger partial charge in [0.15, 0.2) is 0 Å². The van der Waals surface area contributed by atoms with Crippen LogP contribution >= 0.6 is 0 Å². The van der Waals surface area contributed by atoms with Gasteiger partial charge in [-0.3, -0.25) is 4.79 Å². The van der Waals surface area contributed by atoms with Crippen LogP contribution in [0.15, 0.2) is 11.6 Å². The number of nitrogens with one attached hydrogen (secondary N) is 2. The van der Waals surface area contributed by atoms with Crippen LogP contribution in [-0.2, 0) is 9.63 Å². The number of hydrogen-bond acceptors (Lipinski definition) is 3. The molecule has 100 valence electrons. The van der Waals surface area contributed by atoms with Crippen molar-refractivity contribution in [3.63, 3.8) is 0 Å². The van der Waals surface area contributed by atoms with Gasteiger partial charge in [0.25, 0.3) is 0 Å².